The Morgan fingerprint density at radius 3 is 2.31 bits per heavy atom. The fraction of sp³-hybridized carbons (Fsp3) is 0.381. The highest BCUT2D eigenvalue weighted by atomic mass is 32.2. The molecular formula is C21H23F2N3O5S. The number of aliphatic hydroxyl groups is 2. The summed E-state index contributed by atoms with van der Waals surface area (Å²) in [4.78, 5) is 20.9. The summed E-state index contributed by atoms with van der Waals surface area (Å²) >= 11 is 0. The summed E-state index contributed by atoms with van der Waals surface area (Å²) < 4.78 is 50.7. The van der Waals surface area contributed by atoms with Crippen LogP contribution in [0.3, 0.4) is 0 Å². The summed E-state index contributed by atoms with van der Waals surface area (Å²) in [5.74, 6) is -1.08. The lowest BCUT2D eigenvalue weighted by molar-refractivity contribution is -0.111. The van der Waals surface area contributed by atoms with Crippen LogP contribution < -0.4 is 5.32 Å². The van der Waals surface area contributed by atoms with E-state index in [0.717, 1.165) is 6.26 Å². The van der Waals surface area contributed by atoms with Crippen molar-refractivity contribution >= 4 is 27.1 Å². The van der Waals surface area contributed by atoms with Crippen molar-refractivity contribution in [3.8, 4) is 0 Å². The normalized spacial score (nSPS) is 22.5. The molecule has 3 N–H and O–H groups in total. The molecule has 1 aliphatic carbocycles. The summed E-state index contributed by atoms with van der Waals surface area (Å²) in [6.45, 7) is -0.538. The highest BCUT2D eigenvalue weighted by Crippen LogP contribution is 2.34. The van der Waals surface area contributed by atoms with E-state index in [-0.39, 0.29) is 34.8 Å². The molecule has 1 unspecified atom stereocenters. The number of carbonyl (C=O) groups is 1. The summed E-state index contributed by atoms with van der Waals surface area (Å²) in [6.07, 6.45) is 0.381. The maximum Gasteiger partial charge on any atom is 0.257 e. The second kappa shape index (κ2) is 9.80. The molecule has 0 bridgehead atoms. The number of aromatic nitrogens is 2. The van der Waals surface area contributed by atoms with E-state index in [4.69, 9.17) is 5.11 Å². The Hall–Kier alpha value is -2.76. The van der Waals surface area contributed by atoms with E-state index in [9.17, 15) is 27.1 Å². The Morgan fingerprint density at radius 1 is 1.19 bits per heavy atom. The Morgan fingerprint density at radius 2 is 1.81 bits per heavy atom. The van der Waals surface area contributed by atoms with Crippen LogP contribution in [0.5, 0.6) is 0 Å². The molecule has 0 radical (unpaired) electrons. The van der Waals surface area contributed by atoms with Gasteiger partial charge in [-0.1, -0.05) is 18.2 Å². The fourth-order valence-electron chi connectivity index (χ4n) is 3.38. The highest BCUT2D eigenvalue weighted by Gasteiger charge is 2.34. The number of rotatable bonds is 7. The molecule has 1 aromatic carbocycles. The van der Waals surface area contributed by atoms with Crippen molar-refractivity contribution in [2.75, 3.05) is 18.2 Å². The minimum absolute atomic E-state index is 0.0562. The largest absolute Gasteiger partial charge is 0.393 e. The van der Waals surface area contributed by atoms with E-state index in [0.29, 0.717) is 5.56 Å². The van der Waals surface area contributed by atoms with Crippen LogP contribution in [-0.4, -0.2) is 59.7 Å². The van der Waals surface area contributed by atoms with Crippen LogP contribution in [0, 0.1) is 5.92 Å². The Balaban J connectivity index is 1.89. The molecule has 0 saturated heterocycles. The number of benzene rings is 1. The number of halogens is 2. The van der Waals surface area contributed by atoms with E-state index in [1.807, 2.05) is 0 Å². The minimum Gasteiger partial charge on any atom is -0.393 e. The zero-order valence-electron chi connectivity index (χ0n) is 17.1. The lowest BCUT2D eigenvalue weighted by Crippen LogP contribution is -2.16. The van der Waals surface area contributed by atoms with Crippen molar-refractivity contribution in [3.63, 3.8) is 0 Å². The quantitative estimate of drug-likeness (QED) is 0.531. The lowest BCUT2D eigenvalue weighted by Gasteiger charge is -2.13. The van der Waals surface area contributed by atoms with E-state index in [1.165, 1.54) is 42.7 Å². The van der Waals surface area contributed by atoms with Crippen molar-refractivity contribution in [1.82, 2.24) is 9.97 Å². The molecule has 1 aromatic heterocycles. The number of hydrogen-bond donors (Lipinski definition) is 3. The third-order valence-corrected chi connectivity index (χ3v) is 6.24. The average molecular weight is 467 g/mol. The third-order valence-electron chi connectivity index (χ3n) is 5.12. The van der Waals surface area contributed by atoms with Gasteiger partial charge >= 0.3 is 0 Å². The first-order valence-electron chi connectivity index (χ1n) is 9.81. The molecule has 32 heavy (non-hydrogen) atoms. The second-order valence-electron chi connectivity index (χ2n) is 7.62. The van der Waals surface area contributed by atoms with E-state index < -0.39 is 46.7 Å². The van der Waals surface area contributed by atoms with Gasteiger partial charge in [0.1, 0.15) is 18.4 Å². The maximum atomic E-state index is 13.7. The van der Waals surface area contributed by atoms with Gasteiger partial charge in [0.15, 0.2) is 15.7 Å². The fourth-order valence-corrected chi connectivity index (χ4v) is 4.01. The van der Waals surface area contributed by atoms with Crippen LogP contribution >= 0.6 is 0 Å². The Labute approximate surface area is 184 Å². The number of nitrogens with one attached hydrogen (secondary N) is 1. The maximum absolute atomic E-state index is 13.7. The van der Waals surface area contributed by atoms with Gasteiger partial charge in [0.25, 0.3) is 5.91 Å². The van der Waals surface area contributed by atoms with E-state index >= 15 is 0 Å². The van der Waals surface area contributed by atoms with Crippen molar-refractivity contribution < 1.29 is 32.2 Å². The number of anilines is 1. The minimum atomic E-state index is -3.44. The molecule has 1 amide bonds. The van der Waals surface area contributed by atoms with Crippen molar-refractivity contribution in [2.24, 2.45) is 5.92 Å². The van der Waals surface area contributed by atoms with Gasteiger partial charge in [-0.25, -0.2) is 22.2 Å². The molecule has 3 rings (SSSR count). The molecule has 0 spiro atoms. The standard InChI is InChI=1S/C21H23F2N3O5S/c1-32(30,31)14-4-2-13(3-5-14)15(6-12-7-16(22)17(23)8-12)21(29)26-20-10-24-18(9-25-20)19(28)11-27/h2-6,9-10,12,16-17,19,27-28H,7-8,11H2,1H3,(H,25,26,29)/b15-6+/t12?,16-,17+,19-/m1/s1. The molecule has 1 saturated carbocycles. The molecule has 8 nitrogen and oxygen atoms in total. The molecule has 2 aromatic rings. The summed E-state index contributed by atoms with van der Waals surface area (Å²) in [5.41, 5.74) is 0.595. The first-order chi connectivity index (χ1) is 15.1. The van der Waals surface area contributed by atoms with Crippen molar-refractivity contribution in [1.29, 1.82) is 0 Å². The first kappa shape index (κ1) is 23.9. The van der Waals surface area contributed by atoms with Gasteiger partial charge in [0.05, 0.1) is 29.6 Å². The van der Waals surface area contributed by atoms with Gasteiger partial charge in [0, 0.05) is 11.8 Å². The Kier molecular flexibility index (Phi) is 7.32. The van der Waals surface area contributed by atoms with Crippen LogP contribution in [0.2, 0.25) is 0 Å². The zero-order valence-corrected chi connectivity index (χ0v) is 18.0. The van der Waals surface area contributed by atoms with Gasteiger partial charge in [-0.2, -0.15) is 0 Å². The summed E-state index contributed by atoms with van der Waals surface area (Å²) in [6, 6.07) is 5.59. The molecule has 4 atom stereocenters. The van der Waals surface area contributed by atoms with Crippen LogP contribution in [-0.2, 0) is 14.6 Å². The second-order valence-corrected chi connectivity index (χ2v) is 9.64. The third kappa shape index (κ3) is 5.72. The lowest BCUT2D eigenvalue weighted by atomic mass is 9.98. The molecule has 1 fully saturated rings. The summed E-state index contributed by atoms with van der Waals surface area (Å²) in [5, 5.41) is 21.1. The number of amides is 1. The topological polar surface area (TPSA) is 129 Å². The van der Waals surface area contributed by atoms with Crippen molar-refractivity contribution in [3.05, 3.63) is 54.0 Å². The van der Waals surface area contributed by atoms with Gasteiger partial charge < -0.3 is 15.5 Å². The predicted molar refractivity (Wildman–Crippen MR) is 113 cm³/mol. The van der Waals surface area contributed by atoms with Crippen LogP contribution in [0.15, 0.2) is 47.6 Å². The van der Waals surface area contributed by atoms with Crippen LogP contribution in [0.1, 0.15) is 30.2 Å². The molecular weight excluding hydrogens is 444 g/mol. The summed E-state index contributed by atoms with van der Waals surface area (Å²) in [7, 11) is -3.44. The number of alkyl halides is 2. The Bertz CT molecular complexity index is 1080. The van der Waals surface area contributed by atoms with Crippen LogP contribution in [0.4, 0.5) is 14.6 Å². The number of hydrogen-bond acceptors (Lipinski definition) is 7. The molecule has 1 aliphatic rings. The molecule has 1 heterocycles. The molecule has 11 heteroatoms. The monoisotopic (exact) mass is 467 g/mol. The van der Waals surface area contributed by atoms with Gasteiger partial charge in [-0.05, 0) is 36.5 Å². The highest BCUT2D eigenvalue weighted by molar-refractivity contribution is 7.90. The number of sulfone groups is 1. The average Bonchev–Trinajstić information content (AvgIpc) is 3.08. The number of carbonyl (C=O) groups excluding carboxylic acids is 1. The van der Waals surface area contributed by atoms with E-state index in [1.54, 1.807) is 0 Å². The SMILES string of the molecule is CS(=O)(=O)c1ccc(/C(=C\C2C[C@@H](F)[C@@H](F)C2)C(=O)Nc2cnc([C@H](O)CO)cn2)cc1. The van der Waals surface area contributed by atoms with Gasteiger partial charge in [0.2, 0.25) is 0 Å². The van der Waals surface area contributed by atoms with Gasteiger partial charge in [-0.3, -0.25) is 9.78 Å². The van der Waals surface area contributed by atoms with Gasteiger partial charge in [-0.15, -0.1) is 0 Å². The molecule has 0 aliphatic heterocycles. The van der Waals surface area contributed by atoms with Crippen molar-refractivity contribution in [2.45, 2.75) is 36.2 Å². The number of allylic oxidation sites excluding steroid dienone is 1. The zero-order chi connectivity index (χ0) is 23.5. The predicted octanol–water partition coefficient (Wildman–Crippen LogP) is 2.01. The first-order valence-corrected chi connectivity index (χ1v) is 11.7. The van der Waals surface area contributed by atoms with E-state index in [2.05, 4.69) is 15.3 Å². The smallest absolute Gasteiger partial charge is 0.257 e. The number of nitrogens with zero attached hydrogens (tertiary/aromatic N) is 2. The number of aliphatic hydroxyl groups excluding tert-OH is 2. The molecule has 172 valence electrons. The van der Waals surface area contributed by atoms with Crippen LogP contribution in [0.25, 0.3) is 5.57 Å².